The van der Waals surface area contributed by atoms with Crippen molar-refractivity contribution < 1.29 is 35.1 Å². The Morgan fingerprint density at radius 3 is 2.11 bits per heavy atom. The van der Waals surface area contributed by atoms with Crippen molar-refractivity contribution in [2.45, 2.75) is 19.4 Å². The highest BCUT2D eigenvalue weighted by Gasteiger charge is 2.05. The van der Waals surface area contributed by atoms with Gasteiger partial charge < -0.3 is 4.55 Å². The molecule has 0 radical (unpaired) electrons. The Balaban J connectivity index is 0.000000555. The molecule has 0 unspecified atom stereocenters. The van der Waals surface area contributed by atoms with Crippen molar-refractivity contribution in [3.63, 3.8) is 0 Å². The maximum absolute atomic E-state index is 10.4. The molecule has 0 spiro atoms. The van der Waals surface area contributed by atoms with Crippen LogP contribution in [0.1, 0.15) is 12.8 Å². The Labute approximate surface area is 111 Å². The number of nitrogens with zero attached hydrogens (tertiary/aromatic N) is 2. The minimum atomic E-state index is -4.92. The molecule has 11 heteroatoms. The van der Waals surface area contributed by atoms with Crippen LogP contribution in [0.3, 0.4) is 0 Å². The highest BCUT2D eigenvalue weighted by Crippen LogP contribution is 1.97. The predicted octanol–water partition coefficient (Wildman–Crippen LogP) is -1.01. The van der Waals surface area contributed by atoms with Crippen LogP contribution in [0.5, 0.6) is 0 Å². The van der Waals surface area contributed by atoms with E-state index in [1.54, 1.807) is 0 Å². The molecule has 0 saturated carbocycles. The number of hydrogen-bond donors (Lipinski definition) is 2. The first kappa shape index (κ1) is 18.0. The molecule has 2 N–H and O–H groups in total. The van der Waals surface area contributed by atoms with Crippen molar-refractivity contribution in [1.29, 1.82) is 0 Å². The van der Waals surface area contributed by atoms with Gasteiger partial charge in [-0.3, -0.25) is 9.11 Å². The SMILES string of the molecule is C[n+]1ccn(CCCCS(=O)(=O)O)c1.O=S(=O)([O-])O. The van der Waals surface area contributed by atoms with E-state index in [1.807, 2.05) is 34.9 Å². The number of unbranched alkanes of at least 4 members (excludes halogenated alkanes) is 1. The molecule has 0 aliphatic rings. The third kappa shape index (κ3) is 14.9. The molecule has 0 saturated heterocycles. The summed E-state index contributed by atoms with van der Waals surface area (Å²) >= 11 is 0. The van der Waals surface area contributed by atoms with Crippen LogP contribution in [0, 0.1) is 0 Å². The zero-order valence-corrected chi connectivity index (χ0v) is 11.8. The first-order valence-corrected chi connectivity index (χ1v) is 8.09. The topological polar surface area (TPSA) is 141 Å². The number of rotatable bonds is 5. The fourth-order valence-corrected chi connectivity index (χ4v) is 1.78. The van der Waals surface area contributed by atoms with Gasteiger partial charge in [-0.15, -0.1) is 0 Å². The summed E-state index contributed by atoms with van der Waals surface area (Å²) in [6.07, 6.45) is 7.00. The van der Waals surface area contributed by atoms with E-state index in [9.17, 15) is 8.42 Å². The van der Waals surface area contributed by atoms with Crippen LogP contribution in [-0.4, -0.2) is 40.8 Å². The first-order chi connectivity index (χ1) is 8.47. The van der Waals surface area contributed by atoms with Crippen molar-refractivity contribution in [3.05, 3.63) is 18.7 Å². The zero-order chi connectivity index (χ0) is 15.1. The molecule has 1 heterocycles. The lowest BCUT2D eigenvalue weighted by Crippen LogP contribution is -2.23. The number of imidazole rings is 1. The minimum absolute atomic E-state index is 0.152. The average molecular weight is 316 g/mol. The van der Waals surface area contributed by atoms with Gasteiger partial charge in [0, 0.05) is 0 Å². The third-order valence-corrected chi connectivity index (χ3v) is 2.70. The summed E-state index contributed by atoms with van der Waals surface area (Å²) in [5.74, 6) is -0.152. The fraction of sp³-hybridized carbons (Fsp3) is 0.625. The Bertz CT molecular complexity index is 568. The number of aryl methyl sites for hydroxylation is 2. The molecule has 9 nitrogen and oxygen atoms in total. The normalized spacial score (nSPS) is 11.8. The maximum Gasteiger partial charge on any atom is 0.264 e. The van der Waals surface area contributed by atoms with E-state index in [1.165, 1.54) is 0 Å². The summed E-state index contributed by atoms with van der Waals surface area (Å²) < 4.78 is 66.0. The molecule has 1 rings (SSSR count). The molecule has 0 aliphatic carbocycles. The van der Waals surface area contributed by atoms with Crippen molar-refractivity contribution in [3.8, 4) is 0 Å². The Morgan fingerprint density at radius 2 is 1.74 bits per heavy atom. The van der Waals surface area contributed by atoms with E-state index in [4.69, 9.17) is 22.1 Å². The molecule has 1 aromatic rings. The monoisotopic (exact) mass is 316 g/mol. The van der Waals surface area contributed by atoms with E-state index in [2.05, 4.69) is 0 Å². The lowest BCUT2D eigenvalue weighted by molar-refractivity contribution is -0.671. The van der Waals surface area contributed by atoms with Gasteiger partial charge in [-0.05, 0) is 12.8 Å². The minimum Gasteiger partial charge on any atom is -0.726 e. The van der Waals surface area contributed by atoms with Crippen LogP contribution in [0.4, 0.5) is 0 Å². The zero-order valence-electron chi connectivity index (χ0n) is 10.2. The smallest absolute Gasteiger partial charge is 0.264 e. The lowest BCUT2D eigenvalue weighted by atomic mass is 10.3. The van der Waals surface area contributed by atoms with Crippen LogP contribution in [0.2, 0.25) is 0 Å². The molecule has 1 aromatic heterocycles. The lowest BCUT2D eigenvalue weighted by Gasteiger charge is -1.96. The maximum atomic E-state index is 10.4. The van der Waals surface area contributed by atoms with Crippen LogP contribution in [0.15, 0.2) is 18.7 Å². The van der Waals surface area contributed by atoms with E-state index in [0.29, 0.717) is 6.42 Å². The van der Waals surface area contributed by atoms with Gasteiger partial charge in [0.05, 0.1) is 19.3 Å². The van der Waals surface area contributed by atoms with E-state index in [0.717, 1.165) is 13.0 Å². The van der Waals surface area contributed by atoms with Crippen LogP contribution in [0.25, 0.3) is 0 Å². The summed E-state index contributed by atoms with van der Waals surface area (Å²) in [4.78, 5) is 0. The standard InChI is InChI=1S/C8H14N2O3S.H2O4S/c1-9-5-6-10(8-9)4-2-3-7-14(11,12)13;1-5(2,3)4/h5-6,8H,2-4,7H2,1H3;(H2,1,2,3,4). The van der Waals surface area contributed by atoms with E-state index < -0.39 is 20.5 Å². The van der Waals surface area contributed by atoms with E-state index >= 15 is 0 Å². The average Bonchev–Trinajstić information content (AvgIpc) is 2.55. The highest BCUT2D eigenvalue weighted by atomic mass is 32.3. The first-order valence-electron chi connectivity index (χ1n) is 5.12. The van der Waals surface area contributed by atoms with Gasteiger partial charge in [0.1, 0.15) is 12.4 Å². The highest BCUT2D eigenvalue weighted by molar-refractivity contribution is 7.85. The Kier molecular flexibility index (Phi) is 7.15. The molecule has 112 valence electrons. The van der Waals surface area contributed by atoms with Gasteiger partial charge >= 0.3 is 0 Å². The molecule has 0 bridgehead atoms. The van der Waals surface area contributed by atoms with Crippen molar-refractivity contribution >= 4 is 20.5 Å². The summed E-state index contributed by atoms with van der Waals surface area (Å²) in [6, 6.07) is 0. The summed E-state index contributed by atoms with van der Waals surface area (Å²) in [5.41, 5.74) is 0. The quantitative estimate of drug-likeness (QED) is 0.307. The molecule has 0 atom stereocenters. The van der Waals surface area contributed by atoms with Crippen LogP contribution < -0.4 is 4.57 Å². The molecule has 0 amide bonds. The van der Waals surface area contributed by atoms with Crippen LogP contribution >= 0.6 is 0 Å². The molecular formula is C8H16N2O7S2. The summed E-state index contributed by atoms with van der Waals surface area (Å²) in [6.45, 7) is 0.774. The van der Waals surface area contributed by atoms with Crippen molar-refractivity contribution in [1.82, 2.24) is 4.57 Å². The molecule has 0 aromatic carbocycles. The van der Waals surface area contributed by atoms with Crippen molar-refractivity contribution in [2.75, 3.05) is 5.75 Å². The molecule has 19 heavy (non-hydrogen) atoms. The van der Waals surface area contributed by atoms with E-state index in [-0.39, 0.29) is 5.75 Å². The van der Waals surface area contributed by atoms with Crippen molar-refractivity contribution in [2.24, 2.45) is 7.05 Å². The second-order valence-corrected chi connectivity index (χ2v) is 6.17. The third-order valence-electron chi connectivity index (χ3n) is 1.89. The second kappa shape index (κ2) is 7.55. The van der Waals surface area contributed by atoms with Gasteiger partial charge in [0.25, 0.3) is 10.1 Å². The predicted molar refractivity (Wildman–Crippen MR) is 63.6 cm³/mol. The Morgan fingerprint density at radius 1 is 1.21 bits per heavy atom. The fourth-order valence-electron chi connectivity index (χ4n) is 1.21. The summed E-state index contributed by atoms with van der Waals surface area (Å²) in [7, 11) is -6.78. The van der Waals surface area contributed by atoms with Gasteiger partial charge in [0.2, 0.25) is 16.7 Å². The number of hydrogen-bond acceptors (Lipinski definition) is 5. The van der Waals surface area contributed by atoms with Gasteiger partial charge in [-0.2, -0.15) is 8.42 Å². The van der Waals surface area contributed by atoms with Crippen LogP contribution in [-0.2, 0) is 34.1 Å². The second-order valence-electron chi connectivity index (χ2n) is 3.74. The molecular weight excluding hydrogens is 300 g/mol. The molecule has 0 aliphatic heterocycles. The molecule has 0 fully saturated rings. The number of aromatic nitrogens is 2. The van der Waals surface area contributed by atoms with Gasteiger partial charge in [-0.25, -0.2) is 17.6 Å². The Hall–Kier alpha value is -1.01. The van der Waals surface area contributed by atoms with Gasteiger partial charge in [0.15, 0.2) is 0 Å². The largest absolute Gasteiger partial charge is 0.726 e. The summed E-state index contributed by atoms with van der Waals surface area (Å²) in [5, 5.41) is 0. The van der Waals surface area contributed by atoms with Gasteiger partial charge in [-0.1, -0.05) is 0 Å².